The van der Waals surface area contributed by atoms with Crippen molar-refractivity contribution in [1.82, 2.24) is 9.97 Å². The number of halogens is 1. The quantitative estimate of drug-likeness (QED) is 0.123. The summed E-state index contributed by atoms with van der Waals surface area (Å²) >= 11 is 0. The van der Waals surface area contributed by atoms with Gasteiger partial charge in [0.1, 0.15) is 5.58 Å². The van der Waals surface area contributed by atoms with Crippen LogP contribution in [0.1, 0.15) is 48.6 Å². The molecular weight excluding hydrogens is 824 g/mol. The van der Waals surface area contributed by atoms with E-state index in [4.69, 9.17) is 4.42 Å². The van der Waals surface area contributed by atoms with Gasteiger partial charge in [0.05, 0.1) is 13.7 Å². The Labute approximate surface area is 316 Å². The summed E-state index contributed by atoms with van der Waals surface area (Å²) in [5.41, 5.74) is 10.8. The third kappa shape index (κ3) is 9.18. The minimum Gasteiger partial charge on any atom is -0.500 e. The minimum absolute atomic E-state index is 0. The maximum atomic E-state index is 14.4. The summed E-state index contributed by atoms with van der Waals surface area (Å²) in [6.07, 6.45) is 5.71. The third-order valence-electron chi connectivity index (χ3n) is 8.84. The van der Waals surface area contributed by atoms with E-state index in [1.165, 1.54) is 27.4 Å². The minimum atomic E-state index is -1.49. The summed E-state index contributed by atoms with van der Waals surface area (Å²) in [7, 11) is -1.49. The van der Waals surface area contributed by atoms with Crippen LogP contribution in [-0.2, 0) is 32.9 Å². The molecular formula is C45H45FIrN2OSi-2. The number of nitrogens with zero attached hydrogens (tertiary/aromatic N) is 2. The molecule has 0 saturated carbocycles. The molecule has 6 heteroatoms. The summed E-state index contributed by atoms with van der Waals surface area (Å²) in [4.78, 5) is 9.15. The summed E-state index contributed by atoms with van der Waals surface area (Å²) < 4.78 is 20.3. The maximum absolute atomic E-state index is 14.4. The van der Waals surface area contributed by atoms with E-state index in [1.54, 1.807) is 19.1 Å². The topological polar surface area (TPSA) is 38.9 Å². The normalized spacial score (nSPS) is 11.6. The molecule has 0 aliphatic heterocycles. The van der Waals surface area contributed by atoms with Crippen LogP contribution < -0.4 is 5.19 Å². The predicted octanol–water partition coefficient (Wildman–Crippen LogP) is 11.5. The van der Waals surface area contributed by atoms with Crippen molar-refractivity contribution in [2.45, 2.75) is 67.1 Å². The summed E-state index contributed by atoms with van der Waals surface area (Å²) in [6, 6.07) is 37.0. The molecule has 7 rings (SSSR count). The number of pyridine rings is 2. The van der Waals surface area contributed by atoms with Crippen molar-refractivity contribution in [3.63, 3.8) is 0 Å². The fourth-order valence-electron chi connectivity index (χ4n) is 6.29. The van der Waals surface area contributed by atoms with Gasteiger partial charge >= 0.3 is 0 Å². The van der Waals surface area contributed by atoms with Gasteiger partial charge in [0.15, 0.2) is 0 Å². The molecule has 0 spiro atoms. The van der Waals surface area contributed by atoms with Crippen molar-refractivity contribution in [3.8, 4) is 22.5 Å². The van der Waals surface area contributed by atoms with Gasteiger partial charge in [-0.25, -0.2) is 0 Å². The monoisotopic (exact) mass is 869 g/mol. The number of furan rings is 1. The Bertz CT molecular complexity index is 2280. The van der Waals surface area contributed by atoms with Crippen LogP contribution in [0.15, 0.2) is 108 Å². The molecule has 0 saturated heterocycles. The molecule has 0 N–H and O–H groups in total. The van der Waals surface area contributed by atoms with Gasteiger partial charge in [0, 0.05) is 43.7 Å². The van der Waals surface area contributed by atoms with E-state index in [0.717, 1.165) is 46.0 Å². The number of benzene rings is 4. The third-order valence-corrected chi connectivity index (χ3v) is 10.9. The molecule has 263 valence electrons. The largest absolute Gasteiger partial charge is 0.500 e. The smallest absolute Gasteiger partial charge is 0.120 e. The fourth-order valence-corrected chi connectivity index (χ4v) is 7.86. The molecule has 0 aliphatic rings. The Morgan fingerprint density at radius 2 is 1.53 bits per heavy atom. The SMILES string of the molecule is Cc1cc[c-]c(-c2cc(CC(C)(C)C)c([Si](C)(C)C)cn2)c1F.Cc1ccc(Cc2ccnc(-c3[c-]cc4oc5ccccc5c4c3)c2)cc1.[Ir]. The Morgan fingerprint density at radius 3 is 2.25 bits per heavy atom. The van der Waals surface area contributed by atoms with Crippen LogP contribution in [0.4, 0.5) is 4.39 Å². The average molecular weight is 869 g/mol. The van der Waals surface area contributed by atoms with Gasteiger partial charge < -0.3 is 14.4 Å². The van der Waals surface area contributed by atoms with E-state index in [9.17, 15) is 4.39 Å². The van der Waals surface area contributed by atoms with E-state index < -0.39 is 8.07 Å². The standard InChI is InChI=1S/C25H18NO.C20H27FNSi.Ir/c1-17-6-8-18(9-7-17)14-19-12-13-26-23(15-19)20-10-11-25-22(16-20)21-4-2-3-5-24(21)27-25;1-14-9-8-10-16(19(14)21)17-11-15(12-20(2,3)4)18(13-22-17)23(5,6)7;/h2-9,11-13,15-16H,14H2,1H3;8-9,11,13H,12H2,1-7H3;/q2*-1;. The van der Waals surface area contributed by atoms with Crippen LogP contribution in [0.3, 0.4) is 0 Å². The Kier molecular flexibility index (Phi) is 11.6. The number of aromatic nitrogens is 2. The number of hydrogen-bond acceptors (Lipinski definition) is 3. The van der Waals surface area contributed by atoms with Crippen molar-refractivity contribution < 1.29 is 28.9 Å². The average Bonchev–Trinajstić information content (AvgIpc) is 3.44. The molecule has 0 atom stereocenters. The Balaban J connectivity index is 0.000000197. The molecule has 7 aromatic rings. The predicted molar refractivity (Wildman–Crippen MR) is 209 cm³/mol. The zero-order valence-electron chi connectivity index (χ0n) is 30.7. The summed E-state index contributed by atoms with van der Waals surface area (Å²) in [6.45, 7) is 17.6. The fraction of sp³-hybridized carbons (Fsp3) is 0.244. The maximum Gasteiger partial charge on any atom is 0.120 e. The van der Waals surface area contributed by atoms with E-state index in [1.807, 2.05) is 36.7 Å². The molecule has 0 unspecified atom stereocenters. The molecule has 1 radical (unpaired) electrons. The second kappa shape index (κ2) is 15.6. The zero-order chi connectivity index (χ0) is 35.6. The van der Waals surface area contributed by atoms with Crippen LogP contribution in [0.5, 0.6) is 0 Å². The van der Waals surface area contributed by atoms with Crippen molar-refractivity contribution in [2.75, 3.05) is 0 Å². The number of rotatable bonds is 6. The first kappa shape index (κ1) is 38.0. The molecule has 4 aromatic carbocycles. The van der Waals surface area contributed by atoms with Crippen LogP contribution in [-0.4, -0.2) is 18.0 Å². The number of fused-ring (bicyclic) bond motifs is 3. The van der Waals surface area contributed by atoms with Gasteiger partial charge in [-0.05, 0) is 65.0 Å². The van der Waals surface area contributed by atoms with Gasteiger partial charge in [-0.1, -0.05) is 130 Å². The van der Waals surface area contributed by atoms with Crippen LogP contribution in [0, 0.1) is 37.2 Å². The number of aryl methyl sites for hydroxylation is 2. The summed E-state index contributed by atoms with van der Waals surface area (Å²) in [5.74, 6) is -0.220. The summed E-state index contributed by atoms with van der Waals surface area (Å²) in [5, 5.41) is 3.59. The molecule has 3 nitrogen and oxygen atoms in total. The van der Waals surface area contributed by atoms with Crippen molar-refractivity contribution >= 4 is 35.2 Å². The van der Waals surface area contributed by atoms with Gasteiger partial charge in [-0.15, -0.1) is 42.0 Å². The van der Waals surface area contributed by atoms with Crippen molar-refractivity contribution in [3.05, 3.63) is 149 Å². The van der Waals surface area contributed by atoms with E-state index in [-0.39, 0.29) is 31.3 Å². The van der Waals surface area contributed by atoms with Gasteiger partial charge in [-0.3, -0.25) is 4.39 Å². The second-order valence-corrected chi connectivity index (χ2v) is 20.5. The number of hydrogen-bond donors (Lipinski definition) is 0. The first-order chi connectivity index (χ1) is 23.7. The van der Waals surface area contributed by atoms with E-state index >= 15 is 0 Å². The van der Waals surface area contributed by atoms with Gasteiger partial charge in [-0.2, -0.15) is 0 Å². The molecule has 51 heavy (non-hydrogen) atoms. The van der Waals surface area contributed by atoms with E-state index in [0.29, 0.717) is 16.8 Å². The van der Waals surface area contributed by atoms with Crippen molar-refractivity contribution in [2.24, 2.45) is 5.41 Å². The zero-order valence-corrected chi connectivity index (χ0v) is 34.1. The Hall–Kier alpha value is -4.22. The molecule has 3 aromatic heterocycles. The van der Waals surface area contributed by atoms with Crippen LogP contribution in [0.2, 0.25) is 19.6 Å². The Morgan fingerprint density at radius 1 is 0.784 bits per heavy atom. The molecule has 0 aliphatic carbocycles. The van der Waals surface area contributed by atoms with Crippen molar-refractivity contribution in [1.29, 1.82) is 0 Å². The molecule has 3 heterocycles. The number of para-hydroxylation sites is 1. The van der Waals surface area contributed by atoms with E-state index in [2.05, 4.69) is 124 Å². The van der Waals surface area contributed by atoms with Crippen LogP contribution in [0.25, 0.3) is 44.5 Å². The first-order valence-corrected chi connectivity index (χ1v) is 20.8. The van der Waals surface area contributed by atoms with Gasteiger partial charge in [0.2, 0.25) is 0 Å². The molecule has 0 amide bonds. The van der Waals surface area contributed by atoms with Crippen LogP contribution >= 0.6 is 0 Å². The molecule has 0 fully saturated rings. The second-order valence-electron chi connectivity index (χ2n) is 15.5. The molecule has 0 bridgehead atoms. The first-order valence-electron chi connectivity index (χ1n) is 17.3. The van der Waals surface area contributed by atoms with Gasteiger partial charge in [0.25, 0.3) is 0 Å².